The van der Waals surface area contributed by atoms with Crippen molar-refractivity contribution in [1.82, 2.24) is 4.72 Å². The van der Waals surface area contributed by atoms with Crippen LogP contribution in [-0.2, 0) is 14.8 Å². The molecule has 0 aromatic heterocycles. The maximum absolute atomic E-state index is 12.3. The number of amides is 1. The fraction of sp³-hybridized carbons (Fsp3) is 0.533. The summed E-state index contributed by atoms with van der Waals surface area (Å²) in [6.07, 6.45) is 0.879. The molecule has 0 aliphatic rings. The van der Waals surface area contributed by atoms with E-state index in [1.165, 1.54) is 12.1 Å². The van der Waals surface area contributed by atoms with Crippen molar-refractivity contribution in [1.29, 1.82) is 0 Å². The zero-order chi connectivity index (χ0) is 17.0. The highest BCUT2D eigenvalue weighted by atomic mass is 35.5. The Bertz CT molecular complexity index is 625. The summed E-state index contributed by atoms with van der Waals surface area (Å²) in [5.74, 6) is -0.185. The van der Waals surface area contributed by atoms with Gasteiger partial charge in [-0.25, -0.2) is 13.1 Å². The topological polar surface area (TPSA) is 101 Å². The second kappa shape index (κ2) is 8.63. The highest BCUT2D eigenvalue weighted by Crippen LogP contribution is 2.17. The van der Waals surface area contributed by atoms with E-state index in [9.17, 15) is 13.2 Å². The number of carbonyl (C=O) groups is 1. The van der Waals surface area contributed by atoms with Crippen molar-refractivity contribution >= 4 is 34.0 Å². The molecule has 23 heavy (non-hydrogen) atoms. The number of hydrogen-bond acceptors (Lipinski definition) is 4. The maximum atomic E-state index is 12.3. The lowest BCUT2D eigenvalue weighted by Gasteiger charge is -2.20. The molecule has 0 saturated carbocycles. The van der Waals surface area contributed by atoms with Crippen molar-refractivity contribution in [2.24, 2.45) is 5.73 Å². The average molecular weight is 364 g/mol. The molecule has 8 heteroatoms. The predicted octanol–water partition coefficient (Wildman–Crippen LogP) is 2.25. The van der Waals surface area contributed by atoms with E-state index in [1.54, 1.807) is 32.9 Å². The molecule has 6 nitrogen and oxygen atoms in total. The monoisotopic (exact) mass is 363 g/mol. The largest absolute Gasteiger partial charge is 0.328 e. The Balaban J connectivity index is 0.00000484. The van der Waals surface area contributed by atoms with Gasteiger partial charge < -0.3 is 11.1 Å². The first-order valence-electron chi connectivity index (χ1n) is 7.19. The van der Waals surface area contributed by atoms with Crippen molar-refractivity contribution in [3.63, 3.8) is 0 Å². The third kappa shape index (κ3) is 8.31. The van der Waals surface area contributed by atoms with Crippen molar-refractivity contribution in [2.45, 2.75) is 57.0 Å². The molecule has 1 rings (SSSR count). The van der Waals surface area contributed by atoms with Crippen LogP contribution in [0.2, 0.25) is 0 Å². The van der Waals surface area contributed by atoms with Gasteiger partial charge in [0.05, 0.1) is 4.90 Å². The first-order valence-corrected chi connectivity index (χ1v) is 8.67. The quantitative estimate of drug-likeness (QED) is 0.721. The highest BCUT2D eigenvalue weighted by Gasteiger charge is 2.22. The van der Waals surface area contributed by atoms with Gasteiger partial charge in [0.25, 0.3) is 0 Å². The van der Waals surface area contributed by atoms with Crippen LogP contribution in [0.15, 0.2) is 29.2 Å². The second-order valence-electron chi connectivity index (χ2n) is 6.45. The van der Waals surface area contributed by atoms with E-state index in [-0.39, 0.29) is 29.3 Å². The van der Waals surface area contributed by atoms with E-state index in [1.807, 2.05) is 6.92 Å². The zero-order valence-electron chi connectivity index (χ0n) is 13.9. The van der Waals surface area contributed by atoms with Crippen LogP contribution in [-0.4, -0.2) is 25.9 Å². The number of rotatable bonds is 6. The number of carbonyl (C=O) groups excluding carboxylic acids is 1. The Hall–Kier alpha value is -1.15. The summed E-state index contributed by atoms with van der Waals surface area (Å²) in [5, 5.41) is 2.69. The van der Waals surface area contributed by atoms with Crippen LogP contribution in [0.25, 0.3) is 0 Å². The van der Waals surface area contributed by atoms with E-state index >= 15 is 0 Å². The molecular weight excluding hydrogens is 338 g/mol. The Labute approximate surface area is 144 Å². The van der Waals surface area contributed by atoms with E-state index < -0.39 is 15.6 Å². The molecule has 1 unspecified atom stereocenters. The molecule has 1 aromatic carbocycles. The number of anilines is 1. The second-order valence-corrected chi connectivity index (χ2v) is 8.13. The molecular formula is C15H26ClN3O3S. The minimum Gasteiger partial charge on any atom is -0.328 e. The fourth-order valence-corrected chi connectivity index (χ4v) is 3.25. The molecule has 1 aromatic rings. The van der Waals surface area contributed by atoms with Gasteiger partial charge in [-0.1, -0.05) is 6.07 Å². The highest BCUT2D eigenvalue weighted by molar-refractivity contribution is 7.89. The molecule has 0 aliphatic heterocycles. The smallest absolute Gasteiger partial charge is 0.241 e. The Morgan fingerprint density at radius 2 is 1.91 bits per heavy atom. The first kappa shape index (κ1) is 21.9. The number of sulfonamides is 1. The Kier molecular flexibility index (Phi) is 8.20. The van der Waals surface area contributed by atoms with Gasteiger partial charge in [-0.3, -0.25) is 4.79 Å². The van der Waals surface area contributed by atoms with E-state index in [0.29, 0.717) is 18.5 Å². The zero-order valence-corrected chi connectivity index (χ0v) is 15.6. The summed E-state index contributed by atoms with van der Waals surface area (Å²) >= 11 is 0. The van der Waals surface area contributed by atoms with Crippen LogP contribution in [0.1, 0.15) is 40.5 Å². The average Bonchev–Trinajstić information content (AvgIpc) is 2.34. The first-order chi connectivity index (χ1) is 9.99. The molecule has 132 valence electrons. The number of nitrogens with one attached hydrogen (secondary N) is 2. The van der Waals surface area contributed by atoms with Crippen LogP contribution in [0, 0.1) is 0 Å². The molecule has 0 heterocycles. The summed E-state index contributed by atoms with van der Waals surface area (Å²) in [6.45, 7) is 7.14. The van der Waals surface area contributed by atoms with Gasteiger partial charge >= 0.3 is 0 Å². The van der Waals surface area contributed by atoms with Crippen molar-refractivity contribution in [2.75, 3.05) is 5.32 Å². The van der Waals surface area contributed by atoms with Crippen molar-refractivity contribution in [3.05, 3.63) is 24.3 Å². The number of benzene rings is 1. The Morgan fingerprint density at radius 1 is 1.30 bits per heavy atom. The van der Waals surface area contributed by atoms with Gasteiger partial charge in [0, 0.05) is 23.7 Å². The summed E-state index contributed by atoms with van der Waals surface area (Å²) < 4.78 is 27.1. The van der Waals surface area contributed by atoms with Crippen LogP contribution in [0.3, 0.4) is 0 Å². The van der Waals surface area contributed by atoms with Crippen molar-refractivity contribution < 1.29 is 13.2 Å². The summed E-state index contributed by atoms with van der Waals surface area (Å²) in [6, 6.07) is 6.13. The van der Waals surface area contributed by atoms with Gasteiger partial charge in [0.2, 0.25) is 15.9 Å². The van der Waals surface area contributed by atoms with Gasteiger partial charge in [0.15, 0.2) is 0 Å². The lowest BCUT2D eigenvalue weighted by atomic mass is 10.1. The summed E-state index contributed by atoms with van der Waals surface area (Å²) in [5.41, 5.74) is 5.48. The van der Waals surface area contributed by atoms with Gasteiger partial charge in [-0.05, 0) is 52.3 Å². The number of nitrogens with two attached hydrogens (primary N) is 1. The van der Waals surface area contributed by atoms with Gasteiger partial charge in [-0.15, -0.1) is 12.4 Å². The SMILES string of the molecule is CC(N)CCC(=O)Nc1cccc(S(=O)(=O)NC(C)(C)C)c1.Cl. The molecule has 1 amide bonds. The fourth-order valence-electron chi connectivity index (χ4n) is 1.79. The summed E-state index contributed by atoms with van der Waals surface area (Å²) in [4.78, 5) is 11.9. The third-order valence-corrected chi connectivity index (χ3v) is 4.45. The number of halogens is 1. The molecule has 0 fully saturated rings. The normalized spacial score (nSPS) is 13.1. The van der Waals surface area contributed by atoms with Crippen LogP contribution in [0.4, 0.5) is 5.69 Å². The lowest BCUT2D eigenvalue weighted by Crippen LogP contribution is -2.40. The van der Waals surface area contributed by atoms with Gasteiger partial charge in [0.1, 0.15) is 0 Å². The van der Waals surface area contributed by atoms with E-state index in [2.05, 4.69) is 10.0 Å². The minimum absolute atomic E-state index is 0. The van der Waals surface area contributed by atoms with E-state index in [0.717, 1.165) is 0 Å². The molecule has 0 radical (unpaired) electrons. The third-order valence-electron chi connectivity index (χ3n) is 2.70. The molecule has 0 bridgehead atoms. The Morgan fingerprint density at radius 3 is 2.43 bits per heavy atom. The number of hydrogen-bond donors (Lipinski definition) is 3. The molecule has 0 saturated heterocycles. The maximum Gasteiger partial charge on any atom is 0.241 e. The molecule has 0 spiro atoms. The predicted molar refractivity (Wildman–Crippen MR) is 95.3 cm³/mol. The van der Waals surface area contributed by atoms with Gasteiger partial charge in [-0.2, -0.15) is 0 Å². The molecule has 0 aliphatic carbocycles. The van der Waals surface area contributed by atoms with Crippen LogP contribution in [0.5, 0.6) is 0 Å². The van der Waals surface area contributed by atoms with Crippen LogP contribution >= 0.6 is 12.4 Å². The molecule has 4 N–H and O–H groups in total. The summed E-state index contributed by atoms with van der Waals surface area (Å²) in [7, 11) is -3.62. The van der Waals surface area contributed by atoms with Crippen molar-refractivity contribution in [3.8, 4) is 0 Å². The standard InChI is InChI=1S/C15H25N3O3S.ClH/c1-11(16)8-9-14(19)17-12-6-5-7-13(10-12)22(20,21)18-15(2,3)4;/h5-7,10-11,18H,8-9,16H2,1-4H3,(H,17,19);1H. The van der Waals surface area contributed by atoms with Crippen LogP contribution < -0.4 is 15.8 Å². The minimum atomic E-state index is -3.62. The lowest BCUT2D eigenvalue weighted by molar-refractivity contribution is -0.116. The molecule has 1 atom stereocenters. The van der Waals surface area contributed by atoms with E-state index in [4.69, 9.17) is 5.73 Å².